The second-order valence-corrected chi connectivity index (χ2v) is 6.59. The zero-order valence-electron chi connectivity index (χ0n) is 16.3. The molecule has 0 saturated carbocycles. The predicted octanol–water partition coefficient (Wildman–Crippen LogP) is 0.420. The smallest absolute Gasteiger partial charge is 0.278 e. The highest BCUT2D eigenvalue weighted by Crippen LogP contribution is 2.18. The van der Waals surface area contributed by atoms with Crippen LogP contribution in [0, 0.1) is 20.2 Å². The van der Waals surface area contributed by atoms with Crippen molar-refractivity contribution in [2.45, 2.75) is 0 Å². The number of nitrogens with one attached hydrogen (secondary N) is 4. The molecule has 0 aliphatic rings. The summed E-state index contributed by atoms with van der Waals surface area (Å²) in [6.07, 6.45) is 0. The molecule has 0 unspecified atom stereocenters. The van der Waals surface area contributed by atoms with Crippen LogP contribution in [0.5, 0.6) is 0 Å². The van der Waals surface area contributed by atoms with Gasteiger partial charge >= 0.3 is 0 Å². The van der Waals surface area contributed by atoms with Gasteiger partial charge in [-0.1, -0.05) is 0 Å². The van der Waals surface area contributed by atoms with E-state index in [1.807, 2.05) is 0 Å². The average Bonchev–Trinajstić information content (AvgIpc) is 2.79. The quantitative estimate of drug-likeness (QED) is 0.109. The number of benzene rings is 2. The number of carbonyl (C=O) groups is 1. The second-order valence-electron chi connectivity index (χ2n) is 6.18. The Morgan fingerprint density at radius 3 is 2.33 bits per heavy atom. The molecule has 6 N–H and O–H groups in total. The molecule has 0 aliphatic carbocycles. The molecule has 1 aromatic heterocycles. The summed E-state index contributed by atoms with van der Waals surface area (Å²) in [5.41, 5.74) is 2.49. The minimum Gasteiger partial charge on any atom is -0.321 e. The van der Waals surface area contributed by atoms with E-state index in [-0.39, 0.29) is 33.2 Å². The Labute approximate surface area is 188 Å². The van der Waals surface area contributed by atoms with Crippen molar-refractivity contribution in [1.82, 2.24) is 20.8 Å². The summed E-state index contributed by atoms with van der Waals surface area (Å²) in [5, 5.41) is 27.8. The van der Waals surface area contributed by atoms with Gasteiger partial charge in [-0.25, -0.2) is 10.8 Å². The van der Waals surface area contributed by atoms with Crippen LogP contribution in [0.3, 0.4) is 0 Å². The van der Waals surface area contributed by atoms with Gasteiger partial charge in [0.1, 0.15) is 0 Å². The largest absolute Gasteiger partial charge is 0.321 e. The number of hydrogen-bond acceptors (Lipinski definition) is 10. The molecule has 33 heavy (non-hydrogen) atoms. The summed E-state index contributed by atoms with van der Waals surface area (Å²) >= 11 is 4.81. The minimum atomic E-state index is -0.907. The van der Waals surface area contributed by atoms with E-state index in [1.165, 1.54) is 36.4 Å². The van der Waals surface area contributed by atoms with Gasteiger partial charge in [0.25, 0.3) is 22.8 Å². The number of carbonyl (C=O) groups excluding carboxylic acids is 1. The molecule has 0 aliphatic heterocycles. The monoisotopic (exact) mass is 471 g/mol. The lowest BCUT2D eigenvalue weighted by molar-refractivity contribution is -0.385. The van der Waals surface area contributed by atoms with E-state index in [0.29, 0.717) is 0 Å². The number of hydrazine groups is 1. The number of aromatic nitrogens is 2. The number of nitro benzene ring substituents is 2. The highest BCUT2D eigenvalue weighted by Gasteiger charge is 2.22. The highest BCUT2D eigenvalue weighted by molar-refractivity contribution is 7.80. The summed E-state index contributed by atoms with van der Waals surface area (Å²) in [4.78, 5) is 52.5. The van der Waals surface area contributed by atoms with Gasteiger partial charge in [0.2, 0.25) is 5.11 Å². The van der Waals surface area contributed by atoms with E-state index in [0.717, 1.165) is 6.07 Å². The van der Waals surface area contributed by atoms with Gasteiger partial charge in [0.05, 0.1) is 20.9 Å². The number of nitro groups is 2. The van der Waals surface area contributed by atoms with Crippen molar-refractivity contribution < 1.29 is 14.6 Å². The van der Waals surface area contributed by atoms with Gasteiger partial charge in [-0.15, -0.1) is 0 Å². The van der Waals surface area contributed by atoms with E-state index < -0.39 is 32.7 Å². The van der Waals surface area contributed by atoms with Gasteiger partial charge < -0.3 is 10.3 Å². The lowest BCUT2D eigenvalue weighted by Gasteiger charge is -2.09. The van der Waals surface area contributed by atoms with Crippen LogP contribution < -0.4 is 27.6 Å². The molecule has 0 bridgehead atoms. The SMILES string of the molecule is NNC(=S)N/N=C(/C(=O)Nc1ccc([N+](=O)[O-])cc1)c1nc2ccc([N+](=O)[O-])cc2[nH]c1=O. The maximum absolute atomic E-state index is 12.9. The summed E-state index contributed by atoms with van der Waals surface area (Å²) in [5.74, 6) is 4.25. The topological polar surface area (TPSA) is 224 Å². The summed E-state index contributed by atoms with van der Waals surface area (Å²) in [7, 11) is 0. The molecule has 3 rings (SSSR count). The number of thiocarbonyl (C=S) groups is 1. The Bertz CT molecular complexity index is 1370. The summed E-state index contributed by atoms with van der Waals surface area (Å²) < 4.78 is 0. The molecule has 168 valence electrons. The van der Waals surface area contributed by atoms with Crippen molar-refractivity contribution in [2.24, 2.45) is 10.9 Å². The van der Waals surface area contributed by atoms with Crippen LogP contribution in [0.2, 0.25) is 0 Å². The Morgan fingerprint density at radius 1 is 1.09 bits per heavy atom. The van der Waals surface area contributed by atoms with Crippen LogP contribution in [-0.2, 0) is 4.79 Å². The third-order valence-electron chi connectivity index (χ3n) is 4.06. The maximum atomic E-state index is 12.9. The number of fused-ring (bicyclic) bond motifs is 1. The van der Waals surface area contributed by atoms with Gasteiger partial charge in [-0.3, -0.25) is 40.7 Å². The lowest BCUT2D eigenvalue weighted by atomic mass is 10.2. The van der Waals surface area contributed by atoms with Crippen molar-refractivity contribution in [3.63, 3.8) is 0 Å². The molecule has 0 radical (unpaired) electrons. The number of rotatable bonds is 6. The molecule has 3 aromatic rings. The molecule has 0 fully saturated rings. The molecule has 0 atom stereocenters. The molecule has 0 spiro atoms. The van der Waals surface area contributed by atoms with E-state index >= 15 is 0 Å². The number of amides is 1. The minimum absolute atomic E-state index is 0.0696. The van der Waals surface area contributed by atoms with Crippen LogP contribution in [-0.4, -0.2) is 36.5 Å². The Hall–Kier alpha value is -4.83. The van der Waals surface area contributed by atoms with E-state index in [1.54, 1.807) is 0 Å². The van der Waals surface area contributed by atoms with Gasteiger partial charge in [-0.2, -0.15) is 5.10 Å². The van der Waals surface area contributed by atoms with Crippen LogP contribution in [0.4, 0.5) is 17.1 Å². The fraction of sp³-hybridized carbons (Fsp3) is 0. The standard InChI is InChI=1S/C17H13N9O6S/c18-22-17(33)24-23-14(16(28)19-8-1-3-9(4-2-8)25(29)30)13-15(27)21-12-7-10(26(31)32)5-6-11(12)20-13/h1-7H,18H2,(H,19,28)(H,21,27)(H2,22,24,33)/b23-14+. The van der Waals surface area contributed by atoms with Gasteiger partial charge in [0.15, 0.2) is 11.4 Å². The molecule has 16 heteroatoms. The zero-order chi connectivity index (χ0) is 24.1. The molecule has 1 amide bonds. The number of non-ortho nitro benzene ring substituents is 2. The van der Waals surface area contributed by atoms with Gasteiger partial charge in [-0.05, 0) is 30.4 Å². The fourth-order valence-corrected chi connectivity index (χ4v) is 2.60. The van der Waals surface area contributed by atoms with Crippen LogP contribution in [0.15, 0.2) is 52.4 Å². The Morgan fingerprint density at radius 2 is 1.73 bits per heavy atom. The molecule has 15 nitrogen and oxygen atoms in total. The molecular weight excluding hydrogens is 458 g/mol. The first kappa shape index (κ1) is 22.8. The number of aromatic amines is 1. The average molecular weight is 471 g/mol. The zero-order valence-corrected chi connectivity index (χ0v) is 17.1. The highest BCUT2D eigenvalue weighted by atomic mass is 32.1. The predicted molar refractivity (Wildman–Crippen MR) is 120 cm³/mol. The third-order valence-corrected chi connectivity index (χ3v) is 4.27. The molecule has 0 saturated heterocycles. The Balaban J connectivity index is 2.02. The van der Waals surface area contributed by atoms with Crippen molar-refractivity contribution in [3.05, 3.63) is 78.7 Å². The Kier molecular flexibility index (Phi) is 6.60. The van der Waals surface area contributed by atoms with Crippen LogP contribution in [0.25, 0.3) is 11.0 Å². The first-order valence-corrected chi connectivity index (χ1v) is 9.19. The van der Waals surface area contributed by atoms with Crippen molar-refractivity contribution in [2.75, 3.05) is 5.32 Å². The maximum Gasteiger partial charge on any atom is 0.278 e. The first-order valence-electron chi connectivity index (χ1n) is 8.78. The van der Waals surface area contributed by atoms with Crippen molar-refractivity contribution in [3.8, 4) is 0 Å². The molecule has 2 aromatic carbocycles. The summed E-state index contributed by atoms with van der Waals surface area (Å²) in [6.45, 7) is 0. The van der Waals surface area contributed by atoms with Crippen molar-refractivity contribution >= 4 is 57.0 Å². The molecule has 1 heterocycles. The summed E-state index contributed by atoms with van der Waals surface area (Å²) in [6, 6.07) is 8.50. The number of hydrazone groups is 1. The normalized spacial score (nSPS) is 11.0. The van der Waals surface area contributed by atoms with E-state index in [2.05, 4.69) is 31.2 Å². The third kappa shape index (κ3) is 5.27. The number of H-pyrrole nitrogens is 1. The number of anilines is 1. The van der Waals surface area contributed by atoms with Crippen LogP contribution >= 0.6 is 12.2 Å². The fourth-order valence-electron chi connectivity index (χ4n) is 2.56. The first-order chi connectivity index (χ1) is 15.7. The second kappa shape index (κ2) is 9.54. The molecular formula is C17H13N9O6S. The van der Waals surface area contributed by atoms with Gasteiger partial charge in [0, 0.05) is 30.0 Å². The number of hydrogen-bond donors (Lipinski definition) is 5. The number of nitrogens with zero attached hydrogens (tertiary/aromatic N) is 4. The van der Waals surface area contributed by atoms with Crippen LogP contribution in [0.1, 0.15) is 5.69 Å². The van der Waals surface area contributed by atoms with Crippen molar-refractivity contribution in [1.29, 1.82) is 0 Å². The van der Waals surface area contributed by atoms with E-state index in [9.17, 15) is 29.8 Å². The number of nitrogens with two attached hydrogens (primary N) is 1. The lowest BCUT2D eigenvalue weighted by Crippen LogP contribution is -2.39. The van der Waals surface area contributed by atoms with E-state index in [4.69, 9.17) is 18.1 Å².